The highest BCUT2D eigenvalue weighted by molar-refractivity contribution is 5.69. The molecule has 0 aliphatic rings. The molecule has 1 atom stereocenters. The Bertz CT molecular complexity index is 556. The van der Waals surface area contributed by atoms with Gasteiger partial charge in [0.15, 0.2) is 0 Å². The first-order valence-electron chi connectivity index (χ1n) is 17.3. The summed E-state index contributed by atoms with van der Waals surface area (Å²) in [5, 5.41) is 9.43. The van der Waals surface area contributed by atoms with Crippen LogP contribution in [0, 0.1) is 0 Å². The Hall–Kier alpha value is -1.14. The first kappa shape index (κ1) is 38.9. The van der Waals surface area contributed by atoms with Crippen molar-refractivity contribution in [2.24, 2.45) is 0 Å². The molecular weight excluding hydrogens is 502 g/mol. The van der Waals surface area contributed by atoms with E-state index in [-0.39, 0.29) is 24.6 Å². The highest BCUT2D eigenvalue weighted by atomic mass is 16.5. The van der Waals surface area contributed by atoms with Gasteiger partial charge in [0.1, 0.15) is 6.10 Å². The number of aliphatic hydroxyl groups is 1. The molecular formula is C34H67NO5. The van der Waals surface area contributed by atoms with E-state index in [0.717, 1.165) is 110 Å². The van der Waals surface area contributed by atoms with Gasteiger partial charge < -0.3 is 19.5 Å². The van der Waals surface area contributed by atoms with E-state index in [9.17, 15) is 14.7 Å². The number of hydrogen-bond acceptors (Lipinski definition) is 6. The maximum absolute atomic E-state index is 12.3. The quantitative estimate of drug-likeness (QED) is 0.0664. The third-order valence-electron chi connectivity index (χ3n) is 7.68. The van der Waals surface area contributed by atoms with Crippen LogP contribution in [0.1, 0.15) is 168 Å². The standard InChI is InChI=1S/C34H67NO5/c1-4-7-9-17-24-32(23-6-3)40-34(38)26-19-14-12-16-21-28-35(29-30-36)27-20-15-11-13-18-25-33(37)39-31-22-10-8-5-2/h32,36H,4-31H2,1-3H3. The number of rotatable bonds is 31. The van der Waals surface area contributed by atoms with Gasteiger partial charge in [0.25, 0.3) is 0 Å². The fourth-order valence-electron chi connectivity index (χ4n) is 5.16. The number of carbonyl (C=O) groups is 2. The van der Waals surface area contributed by atoms with Crippen LogP contribution in [-0.2, 0) is 19.1 Å². The molecule has 0 bridgehead atoms. The maximum atomic E-state index is 12.3. The van der Waals surface area contributed by atoms with Crippen LogP contribution in [0.2, 0.25) is 0 Å². The number of aliphatic hydroxyl groups excluding tert-OH is 1. The molecule has 0 aromatic carbocycles. The van der Waals surface area contributed by atoms with E-state index < -0.39 is 0 Å². The van der Waals surface area contributed by atoms with Crippen LogP contribution < -0.4 is 0 Å². The van der Waals surface area contributed by atoms with Crippen LogP contribution >= 0.6 is 0 Å². The normalized spacial score (nSPS) is 12.1. The van der Waals surface area contributed by atoms with Gasteiger partial charge in [-0.05, 0) is 64.5 Å². The lowest BCUT2D eigenvalue weighted by atomic mass is 10.1. The molecule has 0 saturated carbocycles. The van der Waals surface area contributed by atoms with Gasteiger partial charge in [-0.25, -0.2) is 0 Å². The summed E-state index contributed by atoms with van der Waals surface area (Å²) in [4.78, 5) is 26.4. The van der Waals surface area contributed by atoms with Crippen molar-refractivity contribution in [3.63, 3.8) is 0 Å². The Morgan fingerprint density at radius 3 is 1.68 bits per heavy atom. The Morgan fingerprint density at radius 1 is 0.575 bits per heavy atom. The average Bonchev–Trinajstić information content (AvgIpc) is 2.94. The van der Waals surface area contributed by atoms with Gasteiger partial charge in [0.2, 0.25) is 0 Å². The lowest BCUT2D eigenvalue weighted by Crippen LogP contribution is -2.29. The molecule has 0 aliphatic heterocycles. The number of unbranched alkanes of at least 4 members (excludes halogenated alkanes) is 14. The van der Waals surface area contributed by atoms with Crippen molar-refractivity contribution in [3.05, 3.63) is 0 Å². The van der Waals surface area contributed by atoms with Gasteiger partial charge in [-0.1, -0.05) is 104 Å². The summed E-state index contributed by atoms with van der Waals surface area (Å²) >= 11 is 0. The minimum absolute atomic E-state index is 0.0131. The molecule has 6 heteroatoms. The number of hydrogen-bond donors (Lipinski definition) is 1. The van der Waals surface area contributed by atoms with E-state index >= 15 is 0 Å². The third kappa shape index (κ3) is 27.1. The van der Waals surface area contributed by atoms with Crippen molar-refractivity contribution in [1.29, 1.82) is 0 Å². The number of carbonyl (C=O) groups excluding carboxylic acids is 2. The Balaban J connectivity index is 3.76. The number of ether oxygens (including phenoxy) is 2. The summed E-state index contributed by atoms with van der Waals surface area (Å²) in [6.07, 6.45) is 24.6. The molecule has 1 N–H and O–H groups in total. The average molecular weight is 570 g/mol. The van der Waals surface area contributed by atoms with Gasteiger partial charge in [-0.15, -0.1) is 0 Å². The molecule has 40 heavy (non-hydrogen) atoms. The predicted octanol–water partition coefficient (Wildman–Crippen LogP) is 8.77. The zero-order valence-electron chi connectivity index (χ0n) is 26.9. The SMILES string of the molecule is CCCCCCOC(=O)CCCCCCCN(CCO)CCCCCCCC(=O)OC(CCC)CCCCCC. The topological polar surface area (TPSA) is 76.1 Å². The third-order valence-corrected chi connectivity index (χ3v) is 7.68. The highest BCUT2D eigenvalue weighted by Gasteiger charge is 2.13. The van der Waals surface area contributed by atoms with Crippen LogP contribution in [0.25, 0.3) is 0 Å². The van der Waals surface area contributed by atoms with Crippen molar-refractivity contribution in [1.82, 2.24) is 4.90 Å². The van der Waals surface area contributed by atoms with Crippen LogP contribution in [0.15, 0.2) is 0 Å². The molecule has 6 nitrogen and oxygen atoms in total. The molecule has 0 amide bonds. The van der Waals surface area contributed by atoms with Gasteiger partial charge >= 0.3 is 11.9 Å². The smallest absolute Gasteiger partial charge is 0.306 e. The molecule has 0 aromatic heterocycles. The van der Waals surface area contributed by atoms with Crippen LogP contribution in [0.5, 0.6) is 0 Å². The molecule has 0 rings (SSSR count). The highest BCUT2D eigenvalue weighted by Crippen LogP contribution is 2.15. The van der Waals surface area contributed by atoms with E-state index in [1.54, 1.807) is 0 Å². The second-order valence-electron chi connectivity index (χ2n) is 11.6. The molecule has 1 unspecified atom stereocenters. The van der Waals surface area contributed by atoms with Crippen LogP contribution in [0.3, 0.4) is 0 Å². The van der Waals surface area contributed by atoms with E-state index in [1.807, 2.05) is 0 Å². The second-order valence-corrected chi connectivity index (χ2v) is 11.6. The lowest BCUT2D eigenvalue weighted by Gasteiger charge is -2.21. The van der Waals surface area contributed by atoms with E-state index in [2.05, 4.69) is 25.7 Å². The van der Waals surface area contributed by atoms with Crippen molar-refractivity contribution < 1.29 is 24.2 Å². The van der Waals surface area contributed by atoms with E-state index in [0.29, 0.717) is 19.4 Å². The summed E-state index contributed by atoms with van der Waals surface area (Å²) in [6.45, 7) is 10.2. The lowest BCUT2D eigenvalue weighted by molar-refractivity contribution is -0.150. The fraction of sp³-hybridized carbons (Fsp3) is 0.941. The molecule has 0 saturated heterocycles. The fourth-order valence-corrected chi connectivity index (χ4v) is 5.16. The monoisotopic (exact) mass is 570 g/mol. The molecule has 0 aromatic rings. The molecule has 0 spiro atoms. The molecule has 0 aliphatic carbocycles. The van der Waals surface area contributed by atoms with E-state index in [1.165, 1.54) is 44.9 Å². The first-order valence-corrected chi connectivity index (χ1v) is 17.3. The summed E-state index contributed by atoms with van der Waals surface area (Å²) in [5.41, 5.74) is 0. The molecule has 0 radical (unpaired) electrons. The minimum Gasteiger partial charge on any atom is -0.466 e. The Kier molecular flexibility index (Phi) is 29.9. The largest absolute Gasteiger partial charge is 0.466 e. The molecule has 0 heterocycles. The summed E-state index contributed by atoms with van der Waals surface area (Å²) in [5.74, 6) is -0.0554. The Labute approximate surface area is 248 Å². The predicted molar refractivity (Wildman–Crippen MR) is 168 cm³/mol. The summed E-state index contributed by atoms with van der Waals surface area (Å²) in [7, 11) is 0. The van der Waals surface area contributed by atoms with Crippen molar-refractivity contribution >= 4 is 11.9 Å². The summed E-state index contributed by atoms with van der Waals surface area (Å²) < 4.78 is 11.1. The van der Waals surface area contributed by atoms with Gasteiger partial charge in [-0.2, -0.15) is 0 Å². The zero-order chi connectivity index (χ0) is 29.5. The van der Waals surface area contributed by atoms with Crippen LogP contribution in [0.4, 0.5) is 0 Å². The van der Waals surface area contributed by atoms with Crippen LogP contribution in [-0.4, -0.2) is 60.9 Å². The van der Waals surface area contributed by atoms with Crippen molar-refractivity contribution in [3.8, 4) is 0 Å². The number of esters is 2. The van der Waals surface area contributed by atoms with Crippen molar-refractivity contribution in [2.75, 3.05) is 32.8 Å². The Morgan fingerprint density at radius 2 is 1.10 bits per heavy atom. The zero-order valence-corrected chi connectivity index (χ0v) is 26.9. The van der Waals surface area contributed by atoms with Crippen molar-refractivity contribution in [2.45, 2.75) is 175 Å². The first-order chi connectivity index (χ1) is 19.6. The molecule has 238 valence electrons. The van der Waals surface area contributed by atoms with Gasteiger partial charge in [-0.3, -0.25) is 9.59 Å². The van der Waals surface area contributed by atoms with Gasteiger partial charge in [0.05, 0.1) is 13.2 Å². The molecule has 0 fully saturated rings. The van der Waals surface area contributed by atoms with E-state index in [4.69, 9.17) is 9.47 Å². The summed E-state index contributed by atoms with van der Waals surface area (Å²) in [6, 6.07) is 0. The van der Waals surface area contributed by atoms with Gasteiger partial charge in [0, 0.05) is 19.4 Å². The second kappa shape index (κ2) is 30.8. The maximum Gasteiger partial charge on any atom is 0.306 e. The minimum atomic E-state index is -0.0423. The number of nitrogens with zero attached hydrogens (tertiary/aromatic N) is 1.